The molecule has 0 saturated carbocycles. The molecule has 2 aromatic rings. The minimum Gasteiger partial charge on any atom is -0.488 e. The summed E-state index contributed by atoms with van der Waals surface area (Å²) in [4.78, 5) is 22.7. The van der Waals surface area contributed by atoms with Crippen molar-refractivity contribution in [2.24, 2.45) is 0 Å². The van der Waals surface area contributed by atoms with Crippen LogP contribution in [0, 0.1) is 3.57 Å². The smallest absolute Gasteiger partial charge is 0.326 e. The highest BCUT2D eigenvalue weighted by Crippen LogP contribution is 2.26. The van der Waals surface area contributed by atoms with E-state index in [1.807, 2.05) is 12.1 Å². The fourth-order valence-electron chi connectivity index (χ4n) is 2.17. The van der Waals surface area contributed by atoms with Crippen molar-refractivity contribution in [2.75, 3.05) is 0 Å². The third-order valence-electron chi connectivity index (χ3n) is 3.39. The fraction of sp³-hybridized carbons (Fsp3) is 0.0588. The molecule has 2 N–H and O–H groups in total. The van der Waals surface area contributed by atoms with Crippen LogP contribution < -0.4 is 15.4 Å². The number of carbonyl (C=O) groups excluding carboxylic acids is 2. The number of halogens is 3. The molecule has 0 unspecified atom stereocenters. The quantitative estimate of drug-likeness (QED) is 0.382. The number of hydrogen-bond acceptors (Lipinski definition) is 3. The molecule has 0 atom stereocenters. The van der Waals surface area contributed by atoms with Crippen LogP contribution in [0.1, 0.15) is 11.1 Å². The molecule has 1 saturated heterocycles. The third kappa shape index (κ3) is 4.45. The van der Waals surface area contributed by atoms with Gasteiger partial charge in [-0.15, -0.1) is 0 Å². The highest BCUT2D eigenvalue weighted by molar-refractivity contribution is 14.1. The Labute approximate surface area is 167 Å². The summed E-state index contributed by atoms with van der Waals surface area (Å²) in [5.41, 5.74) is 1.81. The Morgan fingerprint density at radius 1 is 1.08 bits per heavy atom. The zero-order valence-corrected chi connectivity index (χ0v) is 16.3. The highest BCUT2D eigenvalue weighted by atomic mass is 127. The first-order chi connectivity index (χ1) is 11.9. The van der Waals surface area contributed by atoms with E-state index in [2.05, 4.69) is 33.2 Å². The Bertz CT molecular complexity index is 899. The molecule has 0 aromatic heterocycles. The van der Waals surface area contributed by atoms with E-state index in [4.69, 9.17) is 27.9 Å². The maximum absolute atomic E-state index is 11.5. The highest BCUT2D eigenvalue weighted by Gasteiger charge is 2.22. The van der Waals surface area contributed by atoms with Crippen LogP contribution >= 0.6 is 45.8 Å². The maximum Gasteiger partial charge on any atom is 0.326 e. The minimum atomic E-state index is -0.522. The lowest BCUT2D eigenvalue weighted by Crippen LogP contribution is -2.22. The summed E-state index contributed by atoms with van der Waals surface area (Å²) in [7, 11) is 0. The van der Waals surface area contributed by atoms with Crippen molar-refractivity contribution in [3.8, 4) is 5.75 Å². The lowest BCUT2D eigenvalue weighted by atomic mass is 10.2. The molecule has 2 aromatic carbocycles. The molecule has 0 spiro atoms. The van der Waals surface area contributed by atoms with Gasteiger partial charge < -0.3 is 10.1 Å². The van der Waals surface area contributed by atoms with Crippen molar-refractivity contribution in [1.82, 2.24) is 10.6 Å². The first-order valence-corrected chi connectivity index (χ1v) is 8.96. The number of benzene rings is 2. The van der Waals surface area contributed by atoms with E-state index in [0.717, 1.165) is 14.7 Å². The number of imide groups is 1. The van der Waals surface area contributed by atoms with Crippen molar-refractivity contribution in [1.29, 1.82) is 0 Å². The number of hydrogen-bond donors (Lipinski definition) is 2. The van der Waals surface area contributed by atoms with E-state index < -0.39 is 11.9 Å². The zero-order chi connectivity index (χ0) is 18.0. The molecule has 5 nitrogen and oxygen atoms in total. The van der Waals surface area contributed by atoms with Gasteiger partial charge in [0.15, 0.2) is 0 Å². The van der Waals surface area contributed by atoms with Crippen molar-refractivity contribution >= 4 is 63.8 Å². The van der Waals surface area contributed by atoms with Gasteiger partial charge in [0, 0.05) is 15.6 Å². The number of rotatable bonds is 4. The molecule has 0 aliphatic carbocycles. The average Bonchev–Trinajstić information content (AvgIpc) is 2.85. The Kier molecular flexibility index (Phi) is 5.51. The first-order valence-electron chi connectivity index (χ1n) is 7.12. The van der Waals surface area contributed by atoms with Gasteiger partial charge in [0.05, 0.1) is 3.57 Å². The van der Waals surface area contributed by atoms with Crippen LogP contribution in [0.5, 0.6) is 5.75 Å². The van der Waals surface area contributed by atoms with Gasteiger partial charge in [0.1, 0.15) is 18.1 Å². The largest absolute Gasteiger partial charge is 0.488 e. The van der Waals surface area contributed by atoms with Crippen LogP contribution in [0.4, 0.5) is 4.79 Å². The molecule has 0 radical (unpaired) electrons. The lowest BCUT2D eigenvalue weighted by Gasteiger charge is -2.10. The van der Waals surface area contributed by atoms with Gasteiger partial charge in [-0.3, -0.25) is 10.1 Å². The summed E-state index contributed by atoms with van der Waals surface area (Å²) >= 11 is 14.2. The summed E-state index contributed by atoms with van der Waals surface area (Å²) in [5, 5.41) is 5.72. The van der Waals surface area contributed by atoms with E-state index in [1.165, 1.54) is 0 Å². The van der Waals surface area contributed by atoms with E-state index in [1.54, 1.807) is 30.3 Å². The Morgan fingerprint density at radius 2 is 1.88 bits per heavy atom. The summed E-state index contributed by atoms with van der Waals surface area (Å²) in [6, 6.07) is 10.2. The van der Waals surface area contributed by atoms with Gasteiger partial charge in [-0.1, -0.05) is 35.3 Å². The SMILES string of the molecule is O=C1NC(=O)/C(=C\c2ccc(OCc3ccc(Cl)cc3Cl)c(I)c2)N1. The molecule has 1 aliphatic rings. The third-order valence-corrected chi connectivity index (χ3v) is 4.82. The van der Waals surface area contributed by atoms with Crippen molar-refractivity contribution in [3.63, 3.8) is 0 Å². The molecular formula is C17H11Cl2IN2O3. The maximum atomic E-state index is 11.5. The van der Waals surface area contributed by atoms with Crippen LogP contribution in [-0.4, -0.2) is 11.9 Å². The number of ether oxygens (including phenoxy) is 1. The molecule has 3 rings (SSSR count). The molecule has 3 amide bonds. The van der Waals surface area contributed by atoms with Gasteiger partial charge in [0.2, 0.25) is 0 Å². The summed E-state index contributed by atoms with van der Waals surface area (Å²) < 4.78 is 6.66. The second-order valence-corrected chi connectivity index (χ2v) is 7.19. The number of nitrogens with one attached hydrogen (secondary N) is 2. The summed E-state index contributed by atoms with van der Waals surface area (Å²) in [5.74, 6) is 0.242. The van der Waals surface area contributed by atoms with Crippen LogP contribution in [-0.2, 0) is 11.4 Å². The van der Waals surface area contributed by atoms with Gasteiger partial charge >= 0.3 is 6.03 Å². The van der Waals surface area contributed by atoms with Gasteiger partial charge in [-0.05, 0) is 58.5 Å². The topological polar surface area (TPSA) is 67.4 Å². The van der Waals surface area contributed by atoms with E-state index >= 15 is 0 Å². The fourth-order valence-corrected chi connectivity index (χ4v) is 3.33. The minimum absolute atomic E-state index is 0.211. The molecule has 0 bridgehead atoms. The molecule has 128 valence electrons. The predicted octanol–water partition coefficient (Wildman–Crippen LogP) is 4.36. The van der Waals surface area contributed by atoms with Crippen molar-refractivity contribution in [2.45, 2.75) is 6.61 Å². The molecule has 1 fully saturated rings. The lowest BCUT2D eigenvalue weighted by molar-refractivity contribution is -0.115. The second kappa shape index (κ2) is 7.63. The number of urea groups is 1. The molecule has 1 aliphatic heterocycles. The van der Waals surface area contributed by atoms with E-state index in [9.17, 15) is 9.59 Å². The molecule has 25 heavy (non-hydrogen) atoms. The Morgan fingerprint density at radius 3 is 2.52 bits per heavy atom. The van der Waals surface area contributed by atoms with Crippen LogP contribution in [0.2, 0.25) is 10.0 Å². The molecule has 8 heteroatoms. The van der Waals surface area contributed by atoms with Gasteiger partial charge in [-0.25, -0.2) is 4.79 Å². The second-order valence-electron chi connectivity index (χ2n) is 5.18. The summed E-state index contributed by atoms with van der Waals surface area (Å²) in [6.45, 7) is 0.310. The Balaban J connectivity index is 1.73. The van der Waals surface area contributed by atoms with Crippen LogP contribution in [0.3, 0.4) is 0 Å². The van der Waals surface area contributed by atoms with Crippen molar-refractivity contribution < 1.29 is 14.3 Å². The van der Waals surface area contributed by atoms with Gasteiger partial charge in [-0.2, -0.15) is 0 Å². The Hall–Kier alpha value is -1.77. The number of carbonyl (C=O) groups is 2. The van der Waals surface area contributed by atoms with Crippen LogP contribution in [0.15, 0.2) is 42.1 Å². The normalized spacial score (nSPS) is 15.2. The number of amides is 3. The predicted molar refractivity (Wildman–Crippen MR) is 105 cm³/mol. The summed E-state index contributed by atoms with van der Waals surface area (Å²) in [6.07, 6.45) is 1.60. The molecule has 1 heterocycles. The monoisotopic (exact) mass is 488 g/mol. The van der Waals surface area contributed by atoms with E-state index in [0.29, 0.717) is 22.4 Å². The first kappa shape index (κ1) is 18.0. The van der Waals surface area contributed by atoms with Crippen LogP contribution in [0.25, 0.3) is 6.08 Å². The average molecular weight is 489 g/mol. The standard InChI is InChI=1S/C17H11Cl2IN2O3/c18-11-3-2-10(12(19)7-11)8-25-15-4-1-9(5-13(15)20)6-14-16(23)22-17(24)21-14/h1-7H,8H2,(H2,21,22,23,24)/b14-6+. The van der Waals surface area contributed by atoms with Crippen molar-refractivity contribution in [3.05, 3.63) is 66.8 Å². The van der Waals surface area contributed by atoms with Gasteiger partial charge in [0.25, 0.3) is 5.91 Å². The molecular weight excluding hydrogens is 478 g/mol. The zero-order valence-electron chi connectivity index (χ0n) is 12.6. The van der Waals surface area contributed by atoms with E-state index in [-0.39, 0.29) is 5.70 Å².